The Bertz CT molecular complexity index is 519. The van der Waals surface area contributed by atoms with Gasteiger partial charge in [0.1, 0.15) is 5.76 Å². The monoisotopic (exact) mass is 278 g/mol. The summed E-state index contributed by atoms with van der Waals surface area (Å²) in [6, 6.07) is 5.76. The fourth-order valence-electron chi connectivity index (χ4n) is 1.77. The van der Waals surface area contributed by atoms with Crippen LogP contribution in [-0.2, 0) is 17.9 Å². The number of furan rings is 1. The molecule has 1 amide bonds. The van der Waals surface area contributed by atoms with Gasteiger partial charge in [-0.25, -0.2) is 0 Å². The predicted octanol–water partition coefficient (Wildman–Crippen LogP) is 2.40. The van der Waals surface area contributed by atoms with E-state index < -0.39 is 0 Å². The number of aryl methyl sites for hydroxylation is 1. The number of likely N-dealkylation sites (N-methyl/N-ethyl adjacent to an activating group) is 1. The molecule has 0 aliphatic carbocycles. The fourth-order valence-corrected chi connectivity index (χ4v) is 2.75. The molecule has 5 heteroatoms. The molecule has 0 saturated carbocycles. The third-order valence-electron chi connectivity index (χ3n) is 2.84. The van der Waals surface area contributed by atoms with Crippen molar-refractivity contribution in [2.24, 2.45) is 0 Å². The molecule has 0 aromatic carbocycles. The fraction of sp³-hybridized carbons (Fsp3) is 0.357. The van der Waals surface area contributed by atoms with Crippen LogP contribution >= 0.6 is 11.3 Å². The largest absolute Gasteiger partial charge is 0.467 e. The maximum atomic E-state index is 11.8. The summed E-state index contributed by atoms with van der Waals surface area (Å²) in [5.74, 6) is 0.776. The van der Waals surface area contributed by atoms with Crippen molar-refractivity contribution >= 4 is 17.2 Å². The molecule has 0 saturated heterocycles. The molecule has 0 radical (unpaired) electrons. The van der Waals surface area contributed by atoms with Crippen molar-refractivity contribution in [2.75, 3.05) is 13.6 Å². The molecule has 1 N–H and O–H groups in total. The molecular weight excluding hydrogens is 260 g/mol. The van der Waals surface area contributed by atoms with Gasteiger partial charge in [-0.3, -0.25) is 9.69 Å². The molecule has 2 aromatic rings. The van der Waals surface area contributed by atoms with Gasteiger partial charge in [0.15, 0.2) is 0 Å². The molecule has 0 fully saturated rings. The van der Waals surface area contributed by atoms with Crippen LogP contribution in [0.4, 0.5) is 0 Å². The van der Waals surface area contributed by atoms with Crippen molar-refractivity contribution < 1.29 is 9.21 Å². The number of rotatable bonds is 6. The van der Waals surface area contributed by atoms with E-state index in [1.165, 1.54) is 10.4 Å². The van der Waals surface area contributed by atoms with Crippen molar-refractivity contribution in [3.8, 4) is 0 Å². The van der Waals surface area contributed by atoms with E-state index in [-0.39, 0.29) is 5.91 Å². The Morgan fingerprint density at radius 3 is 2.95 bits per heavy atom. The van der Waals surface area contributed by atoms with Crippen LogP contribution in [-0.4, -0.2) is 24.4 Å². The highest BCUT2D eigenvalue weighted by Crippen LogP contribution is 2.16. The first-order valence-corrected chi connectivity index (χ1v) is 7.03. The third-order valence-corrected chi connectivity index (χ3v) is 3.84. The van der Waals surface area contributed by atoms with Gasteiger partial charge >= 0.3 is 0 Å². The van der Waals surface area contributed by atoms with E-state index >= 15 is 0 Å². The summed E-state index contributed by atoms with van der Waals surface area (Å²) >= 11 is 1.73. The maximum absolute atomic E-state index is 11.8. The number of nitrogens with one attached hydrogen (secondary N) is 1. The van der Waals surface area contributed by atoms with Crippen molar-refractivity contribution in [3.63, 3.8) is 0 Å². The topological polar surface area (TPSA) is 45.5 Å². The number of hydrogen-bond acceptors (Lipinski definition) is 4. The Kier molecular flexibility index (Phi) is 4.76. The Labute approximate surface area is 117 Å². The highest BCUT2D eigenvalue weighted by atomic mass is 32.1. The molecule has 0 unspecified atom stereocenters. The summed E-state index contributed by atoms with van der Waals surface area (Å²) in [5, 5.41) is 4.92. The zero-order chi connectivity index (χ0) is 13.7. The van der Waals surface area contributed by atoms with E-state index in [1.54, 1.807) is 17.6 Å². The normalized spacial score (nSPS) is 10.9. The third kappa shape index (κ3) is 4.22. The van der Waals surface area contributed by atoms with Gasteiger partial charge in [0.05, 0.1) is 19.4 Å². The average molecular weight is 278 g/mol. The number of carbonyl (C=O) groups is 1. The van der Waals surface area contributed by atoms with E-state index in [4.69, 9.17) is 4.42 Å². The van der Waals surface area contributed by atoms with Crippen molar-refractivity contribution in [1.82, 2.24) is 10.2 Å². The lowest BCUT2D eigenvalue weighted by molar-refractivity contribution is -0.122. The molecule has 2 rings (SSSR count). The minimum Gasteiger partial charge on any atom is -0.467 e. The van der Waals surface area contributed by atoms with Crippen LogP contribution in [0.1, 0.15) is 16.2 Å². The van der Waals surface area contributed by atoms with Crippen LogP contribution in [0.25, 0.3) is 0 Å². The first kappa shape index (κ1) is 13.8. The number of thiophene rings is 1. The van der Waals surface area contributed by atoms with Gasteiger partial charge in [-0.2, -0.15) is 0 Å². The Hall–Kier alpha value is -1.59. The molecule has 0 aliphatic rings. The summed E-state index contributed by atoms with van der Waals surface area (Å²) in [6.07, 6.45) is 1.60. The second kappa shape index (κ2) is 6.54. The zero-order valence-corrected chi connectivity index (χ0v) is 12.0. The summed E-state index contributed by atoms with van der Waals surface area (Å²) in [6.45, 7) is 3.73. The first-order valence-electron chi connectivity index (χ1n) is 6.16. The number of amides is 1. The zero-order valence-electron chi connectivity index (χ0n) is 11.2. The summed E-state index contributed by atoms with van der Waals surface area (Å²) in [7, 11) is 1.95. The van der Waals surface area contributed by atoms with Gasteiger partial charge in [-0.15, -0.1) is 11.3 Å². The highest BCUT2D eigenvalue weighted by molar-refractivity contribution is 7.10. The smallest absolute Gasteiger partial charge is 0.234 e. The SMILES string of the molecule is Cc1ccsc1CN(C)CC(=O)NCc1ccco1. The molecule has 102 valence electrons. The van der Waals surface area contributed by atoms with Crippen LogP contribution in [0, 0.1) is 6.92 Å². The molecule has 0 spiro atoms. The lowest BCUT2D eigenvalue weighted by atomic mass is 10.3. The van der Waals surface area contributed by atoms with Crippen LogP contribution in [0.3, 0.4) is 0 Å². The summed E-state index contributed by atoms with van der Waals surface area (Å²) in [4.78, 5) is 15.1. The van der Waals surface area contributed by atoms with Crippen molar-refractivity contribution in [3.05, 3.63) is 46.0 Å². The molecule has 0 aliphatic heterocycles. The molecule has 19 heavy (non-hydrogen) atoms. The molecular formula is C14H18N2O2S. The second-order valence-corrected chi connectivity index (χ2v) is 5.56. The van der Waals surface area contributed by atoms with E-state index in [1.807, 2.05) is 24.1 Å². The van der Waals surface area contributed by atoms with Gasteiger partial charge in [0, 0.05) is 11.4 Å². The molecule has 2 aromatic heterocycles. The second-order valence-electron chi connectivity index (χ2n) is 4.56. The van der Waals surface area contributed by atoms with Crippen molar-refractivity contribution in [2.45, 2.75) is 20.0 Å². The van der Waals surface area contributed by atoms with E-state index in [0.717, 1.165) is 12.3 Å². The molecule has 0 atom stereocenters. The van der Waals surface area contributed by atoms with Gasteiger partial charge < -0.3 is 9.73 Å². The minimum absolute atomic E-state index is 0.00751. The Balaban J connectivity index is 1.74. The maximum Gasteiger partial charge on any atom is 0.234 e. The Morgan fingerprint density at radius 1 is 1.47 bits per heavy atom. The van der Waals surface area contributed by atoms with E-state index in [0.29, 0.717) is 13.1 Å². The van der Waals surface area contributed by atoms with Gasteiger partial charge in [0.2, 0.25) is 5.91 Å². The lowest BCUT2D eigenvalue weighted by Gasteiger charge is -2.15. The number of carbonyl (C=O) groups excluding carboxylic acids is 1. The van der Waals surface area contributed by atoms with Gasteiger partial charge in [-0.05, 0) is 43.1 Å². The van der Waals surface area contributed by atoms with Crippen molar-refractivity contribution in [1.29, 1.82) is 0 Å². The summed E-state index contributed by atoms with van der Waals surface area (Å²) < 4.78 is 5.16. The van der Waals surface area contributed by atoms with Crippen LogP contribution in [0.5, 0.6) is 0 Å². The predicted molar refractivity (Wildman–Crippen MR) is 75.9 cm³/mol. The number of nitrogens with zero attached hydrogens (tertiary/aromatic N) is 1. The molecule has 2 heterocycles. The van der Waals surface area contributed by atoms with Crippen LogP contribution < -0.4 is 5.32 Å². The Morgan fingerprint density at radius 2 is 2.32 bits per heavy atom. The van der Waals surface area contributed by atoms with Crippen LogP contribution in [0.15, 0.2) is 34.3 Å². The van der Waals surface area contributed by atoms with E-state index in [9.17, 15) is 4.79 Å². The number of hydrogen-bond donors (Lipinski definition) is 1. The average Bonchev–Trinajstić information content (AvgIpc) is 2.99. The quantitative estimate of drug-likeness (QED) is 0.882. The first-order chi connectivity index (χ1) is 9.15. The molecule has 0 bridgehead atoms. The molecule has 4 nitrogen and oxygen atoms in total. The lowest BCUT2D eigenvalue weighted by Crippen LogP contribution is -2.34. The highest BCUT2D eigenvalue weighted by Gasteiger charge is 2.09. The summed E-state index contributed by atoms with van der Waals surface area (Å²) in [5.41, 5.74) is 1.29. The minimum atomic E-state index is 0.00751. The van der Waals surface area contributed by atoms with Gasteiger partial charge in [0.25, 0.3) is 0 Å². The van der Waals surface area contributed by atoms with Gasteiger partial charge in [-0.1, -0.05) is 0 Å². The van der Waals surface area contributed by atoms with E-state index in [2.05, 4.69) is 23.7 Å². The standard InChI is InChI=1S/C14H18N2O2S/c1-11-5-7-19-13(11)9-16(2)10-14(17)15-8-12-4-3-6-18-12/h3-7H,8-10H2,1-2H3,(H,15,17). The van der Waals surface area contributed by atoms with Crippen LogP contribution in [0.2, 0.25) is 0 Å².